The van der Waals surface area contributed by atoms with E-state index in [1.54, 1.807) is 6.33 Å². The van der Waals surface area contributed by atoms with Crippen molar-refractivity contribution < 1.29 is 19.9 Å². The number of ether oxygens (including phenoxy) is 2. The minimum atomic E-state index is -1.44. The van der Waals surface area contributed by atoms with Crippen LogP contribution in [0.25, 0.3) is 16.0 Å². The fourth-order valence-corrected chi connectivity index (χ4v) is 5.26. The van der Waals surface area contributed by atoms with Gasteiger partial charge in [-0.1, -0.05) is 0 Å². The zero-order valence-corrected chi connectivity index (χ0v) is 20.3. The first kappa shape index (κ1) is 23.4. The van der Waals surface area contributed by atoms with E-state index in [1.807, 2.05) is 11.5 Å². The summed E-state index contributed by atoms with van der Waals surface area (Å²) >= 11 is 0. The van der Waals surface area contributed by atoms with E-state index in [2.05, 4.69) is 52.2 Å². The topological polar surface area (TPSA) is 88.1 Å². The maximum Gasteiger partial charge on any atom is 0.259 e. The molecule has 1 aliphatic heterocycles. The highest BCUT2D eigenvalue weighted by molar-refractivity contribution is 7.44. The van der Waals surface area contributed by atoms with Crippen molar-refractivity contribution in [1.29, 1.82) is 0 Å². The monoisotopic (exact) mass is 465 g/mol. The zero-order valence-electron chi connectivity index (χ0n) is 20.4. The molecule has 2 aromatic heterocycles. The molecule has 3 heterocycles. The second kappa shape index (κ2) is 10.9. The lowest BCUT2D eigenvalue weighted by Crippen LogP contribution is -2.47. The van der Waals surface area contributed by atoms with Gasteiger partial charge in [-0.05, 0) is 41.5 Å². The summed E-state index contributed by atoms with van der Waals surface area (Å²) in [4.78, 5) is 16.3. The molecule has 176 valence electrons. The van der Waals surface area contributed by atoms with Gasteiger partial charge in [-0.25, -0.2) is 26.2 Å². The fraction of sp³-hybridized carbons (Fsp3) is 0.714. The Bertz CT molecular complexity index is 946. The Labute approximate surface area is 192 Å². The van der Waals surface area contributed by atoms with Crippen LogP contribution in [-0.4, -0.2) is 74.8 Å². The van der Waals surface area contributed by atoms with Crippen molar-refractivity contribution in [3.8, 4) is 0 Å². The molecule has 32 heavy (non-hydrogen) atoms. The van der Waals surface area contributed by atoms with Crippen LogP contribution in [0.4, 0.5) is 0 Å². The van der Waals surface area contributed by atoms with Crippen LogP contribution in [0, 0.1) is 13.5 Å². The first-order valence-corrected chi connectivity index (χ1v) is 11.8. The Morgan fingerprint density at radius 2 is 2.12 bits per heavy atom. The molecule has 0 saturated carbocycles. The van der Waals surface area contributed by atoms with Crippen LogP contribution in [0.2, 0.25) is 0 Å². The molecule has 3 atom stereocenters. The van der Waals surface area contributed by atoms with E-state index in [0.717, 1.165) is 5.69 Å². The van der Waals surface area contributed by atoms with Crippen LogP contribution in [0.3, 0.4) is 0 Å². The van der Waals surface area contributed by atoms with E-state index in [9.17, 15) is 0 Å². The van der Waals surface area contributed by atoms with Gasteiger partial charge in [0, 0.05) is 13.5 Å². The molecular weight excluding hydrogens is 431 g/mol. The van der Waals surface area contributed by atoms with E-state index in [-0.39, 0.29) is 38.7 Å². The first-order valence-electron chi connectivity index (χ1n) is 11.4. The lowest BCUT2D eigenvalue weighted by atomic mass is 10.1. The molecule has 1 aliphatic rings. The molecule has 0 spiro atoms. The van der Waals surface area contributed by atoms with Gasteiger partial charge in [0.05, 0.1) is 31.8 Å². The Morgan fingerprint density at radius 3 is 2.81 bits per heavy atom. The molecule has 1 fully saturated rings. The molecule has 1 saturated heterocycles. The number of imidazole rings is 1. The van der Waals surface area contributed by atoms with Gasteiger partial charge in [-0.15, -0.1) is 0 Å². The van der Waals surface area contributed by atoms with Crippen LogP contribution in [0.5, 0.6) is 0 Å². The number of aryl methyl sites for hydroxylation is 1. The lowest BCUT2D eigenvalue weighted by Gasteiger charge is -2.41. The highest BCUT2D eigenvalue weighted by Crippen LogP contribution is 2.47. The summed E-state index contributed by atoms with van der Waals surface area (Å²) in [6.45, 7) is 18.5. The van der Waals surface area contributed by atoms with E-state index < -0.39 is 20.4 Å². The number of rotatable bonds is 10. The van der Waals surface area contributed by atoms with Gasteiger partial charge >= 0.3 is 0 Å². The van der Waals surface area contributed by atoms with Crippen LogP contribution >= 0.6 is 8.53 Å². The average Bonchev–Trinajstić information content (AvgIpc) is 3.23. The molecule has 0 aliphatic carbocycles. The Kier molecular flexibility index (Phi) is 8.00. The van der Waals surface area contributed by atoms with Crippen molar-refractivity contribution in [2.45, 2.75) is 65.4 Å². The lowest BCUT2D eigenvalue weighted by molar-refractivity contribution is -0.225. The fourth-order valence-electron chi connectivity index (χ4n) is 3.58. The van der Waals surface area contributed by atoms with Crippen molar-refractivity contribution in [1.82, 2.24) is 24.2 Å². The van der Waals surface area contributed by atoms with Crippen molar-refractivity contribution in [2.75, 3.05) is 33.0 Å². The Balaban J connectivity index is 1.77. The normalized spacial score (nSPS) is 23.1. The largest absolute Gasteiger partial charge is 0.374 e. The quantitative estimate of drug-likeness (QED) is 0.298. The SMILES string of the molecule is [2H]C[C@@]1(COP(OCC[N+]#[C-])N(C(C)C)C(C)C)COC[C@H](n2cnc3c(C)ncnc32)O1. The number of fused-ring (bicyclic) bond motifs is 1. The summed E-state index contributed by atoms with van der Waals surface area (Å²) in [5, 5.41) is 0. The maximum atomic E-state index is 8.22. The van der Waals surface area contributed by atoms with Crippen LogP contribution < -0.4 is 0 Å². The summed E-state index contributed by atoms with van der Waals surface area (Å²) < 4.78 is 36.7. The summed E-state index contributed by atoms with van der Waals surface area (Å²) in [7, 11) is -1.44. The second-order valence-electron chi connectivity index (χ2n) is 8.35. The summed E-state index contributed by atoms with van der Waals surface area (Å²) in [5.74, 6) is 0. The predicted molar refractivity (Wildman–Crippen MR) is 122 cm³/mol. The Morgan fingerprint density at radius 1 is 1.34 bits per heavy atom. The standard InChI is InChI=1S/C21H33N6O4P/c1-15(2)27(16(3)4)32(29-9-8-22-7)30-12-21(6)11-28-10-18(31-21)26-14-25-19-17(5)23-13-24-20(19)26/h13-16,18H,8-12H2,1-6H3/t18-,21+,32?/m1/s1/i6D. The first-order chi connectivity index (χ1) is 15.8. The van der Waals surface area contributed by atoms with E-state index >= 15 is 0 Å². The molecule has 1 unspecified atom stereocenters. The van der Waals surface area contributed by atoms with Crippen molar-refractivity contribution in [3.05, 3.63) is 29.8 Å². The molecular formula is C21H33N6O4P. The highest BCUT2D eigenvalue weighted by atomic mass is 31.2. The maximum absolute atomic E-state index is 8.22. The zero-order chi connectivity index (χ0) is 24.0. The Hall–Kier alpha value is -1.73. The van der Waals surface area contributed by atoms with E-state index in [4.69, 9.17) is 26.5 Å². The second-order valence-corrected chi connectivity index (χ2v) is 9.80. The minimum Gasteiger partial charge on any atom is -0.374 e. The third-order valence-electron chi connectivity index (χ3n) is 4.95. The molecule has 0 bridgehead atoms. The van der Waals surface area contributed by atoms with Gasteiger partial charge in [0.25, 0.3) is 8.53 Å². The van der Waals surface area contributed by atoms with Crippen molar-refractivity contribution in [3.63, 3.8) is 0 Å². The van der Waals surface area contributed by atoms with Crippen LogP contribution in [0.1, 0.15) is 47.9 Å². The number of hydrogen-bond donors (Lipinski definition) is 0. The number of hydrogen-bond acceptors (Lipinski definition) is 8. The van der Waals surface area contributed by atoms with Gasteiger partial charge in [0.1, 0.15) is 24.1 Å². The molecule has 2 aromatic rings. The van der Waals surface area contributed by atoms with Crippen LogP contribution in [0.15, 0.2) is 12.7 Å². The summed E-state index contributed by atoms with van der Waals surface area (Å²) in [6.07, 6.45) is 2.68. The van der Waals surface area contributed by atoms with E-state index in [0.29, 0.717) is 24.4 Å². The van der Waals surface area contributed by atoms with Gasteiger partial charge in [-0.2, -0.15) is 0 Å². The third kappa shape index (κ3) is 5.79. The highest BCUT2D eigenvalue weighted by Gasteiger charge is 2.38. The van der Waals surface area contributed by atoms with Gasteiger partial charge in [0.15, 0.2) is 11.9 Å². The molecule has 0 radical (unpaired) electrons. The molecule has 0 aromatic carbocycles. The third-order valence-corrected chi connectivity index (χ3v) is 7.01. The number of nitrogens with zero attached hydrogens (tertiary/aromatic N) is 6. The predicted octanol–water partition coefficient (Wildman–Crippen LogP) is 3.74. The summed E-state index contributed by atoms with van der Waals surface area (Å²) in [6, 6.07) is 0.375. The summed E-state index contributed by atoms with van der Waals surface area (Å²) in [5.41, 5.74) is 1.19. The average molecular weight is 466 g/mol. The van der Waals surface area contributed by atoms with Crippen molar-refractivity contribution in [2.24, 2.45) is 0 Å². The minimum absolute atomic E-state index is 0.0429. The molecule has 0 amide bonds. The molecule has 10 nitrogen and oxygen atoms in total. The molecule has 3 rings (SSSR count). The molecule has 11 heteroatoms. The molecule has 0 N–H and O–H groups in total. The smallest absolute Gasteiger partial charge is 0.259 e. The van der Waals surface area contributed by atoms with Crippen molar-refractivity contribution >= 4 is 19.7 Å². The van der Waals surface area contributed by atoms with Gasteiger partial charge < -0.3 is 23.4 Å². The number of aromatic nitrogens is 4. The van der Waals surface area contributed by atoms with E-state index in [1.165, 1.54) is 6.33 Å². The van der Waals surface area contributed by atoms with Gasteiger partial charge in [0.2, 0.25) is 6.54 Å². The van der Waals surface area contributed by atoms with Gasteiger partial charge in [-0.3, -0.25) is 4.57 Å². The van der Waals surface area contributed by atoms with Crippen LogP contribution in [-0.2, 0) is 18.5 Å².